The number of ether oxygens (including phenoxy) is 2. The summed E-state index contributed by atoms with van der Waals surface area (Å²) in [5, 5.41) is 2.72. The lowest BCUT2D eigenvalue weighted by Crippen LogP contribution is -2.09. The molecule has 0 saturated carbocycles. The molecule has 0 atom stereocenters. The highest BCUT2D eigenvalue weighted by Crippen LogP contribution is 2.28. The molecule has 5 nitrogen and oxygen atoms in total. The first-order valence-electron chi connectivity index (χ1n) is 6.69. The Labute approximate surface area is 129 Å². The number of nitrogens with one attached hydrogen (secondary N) is 1. The summed E-state index contributed by atoms with van der Waals surface area (Å²) in [4.78, 5) is 11.9. The largest absolute Gasteiger partial charge is 0.493 e. The summed E-state index contributed by atoms with van der Waals surface area (Å²) in [5.74, 6) is 0.992. The fraction of sp³-hybridized carbons (Fsp3) is 0.118. The van der Waals surface area contributed by atoms with Crippen LogP contribution in [0.2, 0.25) is 0 Å². The van der Waals surface area contributed by atoms with Gasteiger partial charge < -0.3 is 20.5 Å². The van der Waals surface area contributed by atoms with Gasteiger partial charge in [-0.1, -0.05) is 18.2 Å². The van der Waals surface area contributed by atoms with Crippen molar-refractivity contribution >= 4 is 23.4 Å². The van der Waals surface area contributed by atoms with Crippen LogP contribution >= 0.6 is 0 Å². The van der Waals surface area contributed by atoms with Gasteiger partial charge in [0, 0.05) is 6.08 Å². The smallest absolute Gasteiger partial charge is 0.248 e. The molecule has 0 bridgehead atoms. The zero-order valence-corrected chi connectivity index (χ0v) is 12.5. The van der Waals surface area contributed by atoms with E-state index in [4.69, 9.17) is 15.2 Å². The lowest BCUT2D eigenvalue weighted by Gasteiger charge is -2.08. The number of hydrogen-bond donors (Lipinski definition) is 2. The summed E-state index contributed by atoms with van der Waals surface area (Å²) < 4.78 is 10.4. The van der Waals surface area contributed by atoms with Gasteiger partial charge in [0.2, 0.25) is 5.91 Å². The maximum absolute atomic E-state index is 11.9. The van der Waals surface area contributed by atoms with Crippen molar-refractivity contribution in [2.45, 2.75) is 0 Å². The third kappa shape index (κ3) is 3.79. The maximum atomic E-state index is 11.9. The molecular formula is C17H18N2O3. The van der Waals surface area contributed by atoms with Crippen molar-refractivity contribution in [3.8, 4) is 11.5 Å². The number of nitrogen functional groups attached to an aromatic ring is 1. The highest BCUT2D eigenvalue weighted by molar-refractivity contribution is 6.03. The van der Waals surface area contributed by atoms with Crippen LogP contribution in [0.15, 0.2) is 48.5 Å². The molecule has 22 heavy (non-hydrogen) atoms. The van der Waals surface area contributed by atoms with Crippen LogP contribution in [0.5, 0.6) is 11.5 Å². The van der Waals surface area contributed by atoms with Gasteiger partial charge in [0.1, 0.15) is 0 Å². The molecule has 0 aromatic heterocycles. The van der Waals surface area contributed by atoms with E-state index in [0.29, 0.717) is 22.9 Å². The highest BCUT2D eigenvalue weighted by atomic mass is 16.5. The Bertz CT molecular complexity index is 696. The molecule has 5 heteroatoms. The summed E-state index contributed by atoms with van der Waals surface area (Å²) in [5.41, 5.74) is 7.72. The van der Waals surface area contributed by atoms with Crippen molar-refractivity contribution in [2.24, 2.45) is 0 Å². The Morgan fingerprint density at radius 2 is 1.82 bits per heavy atom. The number of benzene rings is 2. The molecular weight excluding hydrogens is 280 g/mol. The van der Waals surface area contributed by atoms with E-state index in [0.717, 1.165) is 5.56 Å². The number of rotatable bonds is 5. The monoisotopic (exact) mass is 298 g/mol. The van der Waals surface area contributed by atoms with E-state index in [1.807, 2.05) is 18.2 Å². The van der Waals surface area contributed by atoms with Crippen molar-refractivity contribution in [3.05, 3.63) is 54.1 Å². The molecule has 0 spiro atoms. The molecule has 114 valence electrons. The van der Waals surface area contributed by atoms with Crippen molar-refractivity contribution in [1.29, 1.82) is 0 Å². The van der Waals surface area contributed by atoms with Crippen LogP contribution in [0.25, 0.3) is 6.08 Å². The average Bonchev–Trinajstić information content (AvgIpc) is 2.54. The Kier molecular flexibility index (Phi) is 5.03. The van der Waals surface area contributed by atoms with Gasteiger partial charge in [0.05, 0.1) is 25.6 Å². The van der Waals surface area contributed by atoms with E-state index in [1.165, 1.54) is 6.08 Å². The van der Waals surface area contributed by atoms with Crippen LogP contribution in [0.4, 0.5) is 11.4 Å². The fourth-order valence-electron chi connectivity index (χ4n) is 1.91. The van der Waals surface area contributed by atoms with Crippen molar-refractivity contribution < 1.29 is 14.3 Å². The van der Waals surface area contributed by atoms with Crippen LogP contribution in [-0.2, 0) is 4.79 Å². The molecule has 0 aliphatic heterocycles. The van der Waals surface area contributed by atoms with E-state index in [9.17, 15) is 4.79 Å². The zero-order chi connectivity index (χ0) is 15.9. The second-order valence-corrected chi connectivity index (χ2v) is 4.52. The predicted molar refractivity (Wildman–Crippen MR) is 88.1 cm³/mol. The molecule has 1 amide bonds. The second kappa shape index (κ2) is 7.17. The molecule has 2 rings (SSSR count). The summed E-state index contributed by atoms with van der Waals surface area (Å²) in [7, 11) is 3.14. The third-order valence-electron chi connectivity index (χ3n) is 3.05. The molecule has 0 saturated heterocycles. The van der Waals surface area contributed by atoms with Gasteiger partial charge in [0.15, 0.2) is 11.5 Å². The third-order valence-corrected chi connectivity index (χ3v) is 3.05. The van der Waals surface area contributed by atoms with Gasteiger partial charge >= 0.3 is 0 Å². The van der Waals surface area contributed by atoms with Crippen LogP contribution in [0, 0.1) is 0 Å². The Morgan fingerprint density at radius 3 is 2.50 bits per heavy atom. The van der Waals surface area contributed by atoms with E-state index in [1.54, 1.807) is 44.6 Å². The number of para-hydroxylation sites is 2. The summed E-state index contributed by atoms with van der Waals surface area (Å²) in [6.07, 6.45) is 3.13. The van der Waals surface area contributed by atoms with E-state index in [-0.39, 0.29) is 5.91 Å². The SMILES string of the molecule is COc1ccc(/C=C/C(=O)Nc2ccccc2N)cc1OC. The van der Waals surface area contributed by atoms with Gasteiger partial charge in [-0.2, -0.15) is 0 Å². The minimum atomic E-state index is -0.257. The first-order valence-corrected chi connectivity index (χ1v) is 6.69. The second-order valence-electron chi connectivity index (χ2n) is 4.52. The molecule has 0 unspecified atom stereocenters. The molecule has 2 aromatic carbocycles. The van der Waals surface area contributed by atoms with E-state index < -0.39 is 0 Å². The minimum absolute atomic E-state index is 0.257. The first kappa shape index (κ1) is 15.4. The number of amides is 1. The number of carbonyl (C=O) groups is 1. The van der Waals surface area contributed by atoms with E-state index in [2.05, 4.69) is 5.32 Å². The quantitative estimate of drug-likeness (QED) is 0.657. The van der Waals surface area contributed by atoms with E-state index >= 15 is 0 Å². The highest BCUT2D eigenvalue weighted by Gasteiger charge is 2.04. The molecule has 2 aromatic rings. The standard InChI is InChI=1S/C17H18N2O3/c1-21-15-9-7-12(11-16(15)22-2)8-10-17(20)19-14-6-4-3-5-13(14)18/h3-11H,18H2,1-2H3,(H,19,20)/b10-8+. The minimum Gasteiger partial charge on any atom is -0.493 e. The molecule has 0 aliphatic carbocycles. The topological polar surface area (TPSA) is 73.6 Å². The number of methoxy groups -OCH3 is 2. The Balaban J connectivity index is 2.08. The first-order chi connectivity index (χ1) is 10.6. The summed E-state index contributed by atoms with van der Waals surface area (Å²) in [6, 6.07) is 12.5. The lowest BCUT2D eigenvalue weighted by molar-refractivity contribution is -0.111. The normalized spacial score (nSPS) is 10.5. The molecule has 0 heterocycles. The number of carbonyl (C=O) groups excluding carboxylic acids is 1. The molecule has 0 aliphatic rings. The van der Waals surface area contributed by atoms with Crippen LogP contribution < -0.4 is 20.5 Å². The fourth-order valence-corrected chi connectivity index (χ4v) is 1.91. The zero-order valence-electron chi connectivity index (χ0n) is 12.5. The van der Waals surface area contributed by atoms with Crippen LogP contribution in [-0.4, -0.2) is 20.1 Å². The van der Waals surface area contributed by atoms with Gasteiger partial charge in [-0.05, 0) is 35.9 Å². The predicted octanol–water partition coefficient (Wildman–Crippen LogP) is 2.94. The van der Waals surface area contributed by atoms with Gasteiger partial charge in [-0.25, -0.2) is 0 Å². The summed E-state index contributed by atoms with van der Waals surface area (Å²) in [6.45, 7) is 0. The lowest BCUT2D eigenvalue weighted by atomic mass is 10.2. The average molecular weight is 298 g/mol. The molecule has 3 N–H and O–H groups in total. The summed E-state index contributed by atoms with van der Waals surface area (Å²) >= 11 is 0. The van der Waals surface area contributed by atoms with Gasteiger partial charge in [0.25, 0.3) is 0 Å². The van der Waals surface area contributed by atoms with Gasteiger partial charge in [-0.3, -0.25) is 4.79 Å². The number of anilines is 2. The number of hydrogen-bond acceptors (Lipinski definition) is 4. The Hall–Kier alpha value is -2.95. The molecule has 0 radical (unpaired) electrons. The number of nitrogens with two attached hydrogens (primary N) is 1. The Morgan fingerprint density at radius 1 is 1.09 bits per heavy atom. The van der Waals surface area contributed by atoms with Crippen molar-refractivity contribution in [1.82, 2.24) is 0 Å². The maximum Gasteiger partial charge on any atom is 0.248 e. The van der Waals surface area contributed by atoms with Crippen molar-refractivity contribution in [2.75, 3.05) is 25.3 Å². The van der Waals surface area contributed by atoms with Crippen LogP contribution in [0.3, 0.4) is 0 Å². The van der Waals surface area contributed by atoms with Gasteiger partial charge in [-0.15, -0.1) is 0 Å². The van der Waals surface area contributed by atoms with Crippen molar-refractivity contribution in [3.63, 3.8) is 0 Å². The van der Waals surface area contributed by atoms with Crippen LogP contribution in [0.1, 0.15) is 5.56 Å². The molecule has 0 fully saturated rings.